The van der Waals surface area contributed by atoms with Crippen molar-refractivity contribution in [3.8, 4) is 11.4 Å². The maximum absolute atomic E-state index is 13.7. The molecule has 0 aliphatic carbocycles. The van der Waals surface area contributed by atoms with E-state index in [0.717, 1.165) is 11.3 Å². The number of hydrogen-bond acceptors (Lipinski definition) is 5. The highest BCUT2D eigenvalue weighted by Gasteiger charge is 2.17. The maximum Gasteiger partial charge on any atom is 0.234 e. The molecule has 0 aliphatic rings. The maximum atomic E-state index is 13.7. The van der Waals surface area contributed by atoms with Crippen LogP contribution in [0.4, 0.5) is 10.1 Å². The molecule has 1 amide bonds. The molecule has 0 radical (unpaired) electrons. The lowest BCUT2D eigenvalue weighted by Crippen LogP contribution is -2.15. The van der Waals surface area contributed by atoms with Crippen LogP contribution in [0.15, 0.2) is 70.4 Å². The van der Waals surface area contributed by atoms with Crippen LogP contribution < -0.4 is 5.32 Å². The van der Waals surface area contributed by atoms with E-state index >= 15 is 0 Å². The summed E-state index contributed by atoms with van der Waals surface area (Å²) in [5.41, 5.74) is 1.73. The van der Waals surface area contributed by atoms with Crippen LogP contribution in [-0.2, 0) is 11.3 Å². The Labute approximate surface area is 187 Å². The van der Waals surface area contributed by atoms with E-state index in [2.05, 4.69) is 15.5 Å². The van der Waals surface area contributed by atoms with Gasteiger partial charge in [0.2, 0.25) is 5.91 Å². The van der Waals surface area contributed by atoms with Crippen LogP contribution >= 0.6 is 23.4 Å². The lowest BCUT2D eigenvalue weighted by molar-refractivity contribution is -0.113. The summed E-state index contributed by atoms with van der Waals surface area (Å²) < 4.78 is 21.1. The number of furan rings is 1. The Kier molecular flexibility index (Phi) is 6.39. The number of aromatic nitrogens is 3. The molecule has 0 atom stereocenters. The van der Waals surface area contributed by atoms with Gasteiger partial charge in [0, 0.05) is 16.3 Å². The highest BCUT2D eigenvalue weighted by atomic mass is 35.5. The third-order valence-electron chi connectivity index (χ3n) is 4.48. The highest BCUT2D eigenvalue weighted by molar-refractivity contribution is 7.99. The fourth-order valence-electron chi connectivity index (χ4n) is 2.94. The zero-order valence-corrected chi connectivity index (χ0v) is 18.1. The third kappa shape index (κ3) is 5.15. The number of anilines is 1. The van der Waals surface area contributed by atoms with E-state index in [0.29, 0.717) is 33.8 Å². The van der Waals surface area contributed by atoms with Crippen molar-refractivity contribution < 1.29 is 13.6 Å². The van der Waals surface area contributed by atoms with Crippen LogP contribution in [0.25, 0.3) is 11.4 Å². The predicted octanol–water partition coefficient (Wildman–Crippen LogP) is 5.42. The molecule has 4 rings (SSSR count). The Hall–Kier alpha value is -3.10. The molecular formula is C22H18ClFN4O2S. The lowest BCUT2D eigenvalue weighted by Gasteiger charge is -2.09. The number of amides is 1. The molecule has 0 unspecified atom stereocenters. The number of halogens is 2. The molecule has 6 nitrogen and oxygen atoms in total. The number of rotatable bonds is 7. The minimum absolute atomic E-state index is 0.0847. The smallest absolute Gasteiger partial charge is 0.234 e. The van der Waals surface area contributed by atoms with E-state index in [4.69, 9.17) is 16.0 Å². The van der Waals surface area contributed by atoms with Gasteiger partial charge in [0.05, 0.1) is 18.6 Å². The number of aryl methyl sites for hydroxylation is 1. The first-order valence-electron chi connectivity index (χ1n) is 9.40. The molecule has 158 valence electrons. The van der Waals surface area contributed by atoms with Gasteiger partial charge in [0.15, 0.2) is 11.0 Å². The molecule has 9 heteroatoms. The molecule has 0 saturated carbocycles. The normalized spacial score (nSPS) is 10.9. The minimum Gasteiger partial charge on any atom is -0.467 e. The van der Waals surface area contributed by atoms with E-state index in [1.807, 2.05) is 22.8 Å². The Morgan fingerprint density at radius 1 is 1.19 bits per heavy atom. The van der Waals surface area contributed by atoms with Crippen molar-refractivity contribution in [3.05, 3.63) is 83.0 Å². The van der Waals surface area contributed by atoms with Crippen molar-refractivity contribution in [2.75, 3.05) is 11.1 Å². The molecule has 2 aromatic carbocycles. The van der Waals surface area contributed by atoms with E-state index < -0.39 is 0 Å². The zero-order valence-electron chi connectivity index (χ0n) is 16.5. The molecule has 4 aromatic rings. The van der Waals surface area contributed by atoms with Gasteiger partial charge in [-0.2, -0.15) is 0 Å². The van der Waals surface area contributed by atoms with Crippen molar-refractivity contribution in [2.45, 2.75) is 18.6 Å². The lowest BCUT2D eigenvalue weighted by atomic mass is 10.2. The molecule has 0 bridgehead atoms. The molecule has 31 heavy (non-hydrogen) atoms. The first-order chi connectivity index (χ1) is 15.0. The van der Waals surface area contributed by atoms with Gasteiger partial charge in [-0.15, -0.1) is 10.2 Å². The number of thioether (sulfide) groups is 1. The Bertz CT molecular complexity index is 1210. The Morgan fingerprint density at radius 2 is 2.06 bits per heavy atom. The molecule has 2 heterocycles. The predicted molar refractivity (Wildman–Crippen MR) is 119 cm³/mol. The highest BCUT2D eigenvalue weighted by Crippen LogP contribution is 2.27. The van der Waals surface area contributed by atoms with Crippen LogP contribution in [0, 0.1) is 12.7 Å². The number of carbonyl (C=O) groups is 1. The second kappa shape index (κ2) is 9.36. The molecule has 1 N–H and O–H groups in total. The standard InChI is InChI=1S/C22H18ClFN4O2S/c1-14-7-8-17(11-19(14)24)25-20(29)13-31-22-27-26-21(15-4-2-5-16(23)10-15)28(22)12-18-6-3-9-30-18/h2-11H,12-13H2,1H3,(H,25,29). The largest absolute Gasteiger partial charge is 0.467 e. The van der Waals surface area contributed by atoms with Crippen LogP contribution in [0.5, 0.6) is 0 Å². The fraction of sp³-hybridized carbons (Fsp3) is 0.136. The van der Waals surface area contributed by atoms with Gasteiger partial charge in [0.1, 0.15) is 11.6 Å². The Morgan fingerprint density at radius 3 is 2.81 bits per heavy atom. The summed E-state index contributed by atoms with van der Waals surface area (Å²) in [4.78, 5) is 12.4. The summed E-state index contributed by atoms with van der Waals surface area (Å²) in [5, 5.41) is 12.4. The molecule has 0 saturated heterocycles. The fourth-order valence-corrected chi connectivity index (χ4v) is 3.86. The summed E-state index contributed by atoms with van der Waals surface area (Å²) >= 11 is 7.37. The van der Waals surface area contributed by atoms with Crippen molar-refractivity contribution >= 4 is 35.0 Å². The monoisotopic (exact) mass is 456 g/mol. The van der Waals surface area contributed by atoms with E-state index in [1.54, 1.807) is 43.5 Å². The topological polar surface area (TPSA) is 73.0 Å². The minimum atomic E-state index is -0.366. The first kappa shape index (κ1) is 21.1. The van der Waals surface area contributed by atoms with Gasteiger partial charge >= 0.3 is 0 Å². The van der Waals surface area contributed by atoms with E-state index in [-0.39, 0.29) is 17.5 Å². The summed E-state index contributed by atoms with van der Waals surface area (Å²) in [6.45, 7) is 2.06. The number of benzene rings is 2. The second-order valence-electron chi connectivity index (χ2n) is 6.78. The summed E-state index contributed by atoms with van der Waals surface area (Å²) in [6.07, 6.45) is 1.60. The third-order valence-corrected chi connectivity index (χ3v) is 5.68. The molecule has 0 spiro atoms. The first-order valence-corrected chi connectivity index (χ1v) is 10.8. The van der Waals surface area contributed by atoms with Crippen LogP contribution in [0.3, 0.4) is 0 Å². The van der Waals surface area contributed by atoms with Crippen LogP contribution in [0.1, 0.15) is 11.3 Å². The van der Waals surface area contributed by atoms with Gasteiger partial charge in [-0.3, -0.25) is 9.36 Å². The molecule has 0 aliphatic heterocycles. The SMILES string of the molecule is Cc1ccc(NC(=O)CSc2nnc(-c3cccc(Cl)c3)n2Cc2ccco2)cc1F. The van der Waals surface area contributed by atoms with Crippen molar-refractivity contribution in [1.82, 2.24) is 14.8 Å². The molecule has 2 aromatic heterocycles. The average molecular weight is 457 g/mol. The summed E-state index contributed by atoms with van der Waals surface area (Å²) in [6, 6.07) is 15.6. The van der Waals surface area contributed by atoms with Gasteiger partial charge in [0.25, 0.3) is 0 Å². The van der Waals surface area contributed by atoms with Crippen LogP contribution in [0.2, 0.25) is 5.02 Å². The zero-order chi connectivity index (χ0) is 21.8. The number of hydrogen-bond donors (Lipinski definition) is 1. The Balaban J connectivity index is 1.53. The van der Waals surface area contributed by atoms with E-state index in [9.17, 15) is 9.18 Å². The molecule has 0 fully saturated rings. The van der Waals surface area contributed by atoms with Gasteiger partial charge < -0.3 is 9.73 Å². The van der Waals surface area contributed by atoms with Gasteiger partial charge in [-0.25, -0.2) is 4.39 Å². The number of nitrogens with zero attached hydrogens (tertiary/aromatic N) is 3. The summed E-state index contributed by atoms with van der Waals surface area (Å²) in [5.74, 6) is 0.785. The van der Waals surface area contributed by atoms with E-state index in [1.165, 1.54) is 17.8 Å². The van der Waals surface area contributed by atoms with Gasteiger partial charge in [-0.05, 0) is 48.9 Å². The number of nitrogens with one attached hydrogen (secondary N) is 1. The van der Waals surface area contributed by atoms with Crippen LogP contribution in [-0.4, -0.2) is 26.4 Å². The van der Waals surface area contributed by atoms with Crippen molar-refractivity contribution in [3.63, 3.8) is 0 Å². The average Bonchev–Trinajstić information content (AvgIpc) is 3.40. The van der Waals surface area contributed by atoms with Gasteiger partial charge in [-0.1, -0.05) is 41.6 Å². The number of carbonyl (C=O) groups excluding carboxylic acids is 1. The van der Waals surface area contributed by atoms with Crippen molar-refractivity contribution in [1.29, 1.82) is 0 Å². The van der Waals surface area contributed by atoms with Crippen molar-refractivity contribution in [2.24, 2.45) is 0 Å². The molecular weight excluding hydrogens is 439 g/mol. The second-order valence-corrected chi connectivity index (χ2v) is 8.16. The summed E-state index contributed by atoms with van der Waals surface area (Å²) in [7, 11) is 0. The quantitative estimate of drug-likeness (QED) is 0.376.